The van der Waals surface area contributed by atoms with Crippen LogP contribution in [-0.4, -0.2) is 55.9 Å². The van der Waals surface area contributed by atoms with Crippen LogP contribution in [0.4, 0.5) is 4.39 Å². The van der Waals surface area contributed by atoms with Crippen LogP contribution in [0.5, 0.6) is 0 Å². The van der Waals surface area contributed by atoms with E-state index in [-0.39, 0.29) is 5.69 Å². The Bertz CT molecular complexity index is 1030. The van der Waals surface area contributed by atoms with Crippen LogP contribution in [0.15, 0.2) is 22.9 Å². The van der Waals surface area contributed by atoms with Crippen LogP contribution in [0.3, 0.4) is 0 Å². The van der Waals surface area contributed by atoms with E-state index in [1.807, 2.05) is 11.6 Å². The summed E-state index contributed by atoms with van der Waals surface area (Å²) in [6.45, 7) is 4.21. The Hall–Kier alpha value is -3.14. The molecule has 0 aromatic carbocycles. The molecule has 0 aliphatic carbocycles. The molecule has 0 spiro atoms. The van der Waals surface area contributed by atoms with Crippen LogP contribution in [0.1, 0.15) is 34.5 Å². The summed E-state index contributed by atoms with van der Waals surface area (Å²) in [5.74, 6) is -0.374. The van der Waals surface area contributed by atoms with Crippen molar-refractivity contribution in [3.8, 4) is 11.6 Å². The zero-order valence-electron chi connectivity index (χ0n) is 16.3. The number of ether oxygens (including phenoxy) is 1. The van der Waals surface area contributed by atoms with Crippen molar-refractivity contribution in [1.82, 2.24) is 29.8 Å². The molecule has 0 fully saturated rings. The maximum Gasteiger partial charge on any atom is 0.278 e. The lowest BCUT2D eigenvalue weighted by atomic mass is 10.1. The highest BCUT2D eigenvalue weighted by Crippen LogP contribution is 2.28. The Kier molecular flexibility index (Phi) is 5.34. The summed E-state index contributed by atoms with van der Waals surface area (Å²) < 4.78 is 26.6. The Balaban J connectivity index is 1.46. The maximum atomic E-state index is 13.8. The lowest BCUT2D eigenvalue weighted by molar-refractivity contribution is 0.0785. The van der Waals surface area contributed by atoms with Crippen molar-refractivity contribution < 1.29 is 18.4 Å². The van der Waals surface area contributed by atoms with Crippen molar-refractivity contribution in [2.75, 3.05) is 20.2 Å². The van der Waals surface area contributed by atoms with E-state index in [1.165, 1.54) is 23.2 Å². The van der Waals surface area contributed by atoms with E-state index in [0.29, 0.717) is 43.6 Å². The quantitative estimate of drug-likeness (QED) is 0.623. The predicted molar refractivity (Wildman–Crippen MR) is 99.4 cm³/mol. The van der Waals surface area contributed by atoms with Gasteiger partial charge in [0.15, 0.2) is 23.0 Å². The van der Waals surface area contributed by atoms with Gasteiger partial charge in [-0.3, -0.25) is 9.48 Å². The van der Waals surface area contributed by atoms with E-state index in [1.54, 1.807) is 7.05 Å². The standard InChI is InChI=1S/C19H21FN6O3/c1-3-26-14-7-10-28-11-12(14)16(23-26)18-22-15(24-29-18)6-9-25(2)19(27)17-13(20)5-4-8-21-17/h4-5,8H,3,6-7,9-11H2,1-2H3. The summed E-state index contributed by atoms with van der Waals surface area (Å²) in [6.07, 6.45) is 2.54. The van der Waals surface area contributed by atoms with Gasteiger partial charge in [-0.1, -0.05) is 5.16 Å². The number of likely N-dealkylation sites (N-methyl/N-ethyl adjacent to an activating group) is 1. The summed E-state index contributed by atoms with van der Waals surface area (Å²) in [6, 6.07) is 2.65. The molecule has 3 aromatic heterocycles. The van der Waals surface area contributed by atoms with Crippen molar-refractivity contribution in [3.05, 3.63) is 46.9 Å². The van der Waals surface area contributed by atoms with Crippen molar-refractivity contribution in [2.45, 2.75) is 32.9 Å². The largest absolute Gasteiger partial charge is 0.376 e. The first-order valence-electron chi connectivity index (χ1n) is 9.43. The van der Waals surface area contributed by atoms with Crippen LogP contribution in [0.25, 0.3) is 11.6 Å². The van der Waals surface area contributed by atoms with Crippen molar-refractivity contribution in [1.29, 1.82) is 0 Å². The molecule has 29 heavy (non-hydrogen) atoms. The number of aryl methyl sites for hydroxylation is 1. The van der Waals surface area contributed by atoms with Crippen LogP contribution >= 0.6 is 0 Å². The molecule has 4 heterocycles. The van der Waals surface area contributed by atoms with E-state index >= 15 is 0 Å². The molecular weight excluding hydrogens is 379 g/mol. The number of aromatic nitrogens is 5. The minimum Gasteiger partial charge on any atom is -0.376 e. The van der Waals surface area contributed by atoms with Gasteiger partial charge in [0.05, 0.1) is 13.2 Å². The molecule has 4 rings (SSSR count). The van der Waals surface area contributed by atoms with Gasteiger partial charge in [0.2, 0.25) is 0 Å². The van der Waals surface area contributed by atoms with E-state index in [0.717, 1.165) is 24.2 Å². The summed E-state index contributed by atoms with van der Waals surface area (Å²) in [7, 11) is 1.58. The second-order valence-electron chi connectivity index (χ2n) is 6.72. The minimum absolute atomic E-state index is 0.208. The lowest BCUT2D eigenvalue weighted by Gasteiger charge is -2.15. The first kappa shape index (κ1) is 19.2. The molecule has 3 aromatic rings. The first-order chi connectivity index (χ1) is 14.1. The van der Waals surface area contributed by atoms with E-state index < -0.39 is 11.7 Å². The van der Waals surface area contributed by atoms with Gasteiger partial charge in [-0.15, -0.1) is 0 Å². The Morgan fingerprint density at radius 2 is 2.28 bits per heavy atom. The number of fused-ring (bicyclic) bond motifs is 1. The van der Waals surface area contributed by atoms with Gasteiger partial charge in [0, 0.05) is 50.4 Å². The molecule has 1 aliphatic rings. The van der Waals surface area contributed by atoms with Crippen LogP contribution < -0.4 is 0 Å². The van der Waals surface area contributed by atoms with Gasteiger partial charge in [0.1, 0.15) is 0 Å². The highest BCUT2D eigenvalue weighted by atomic mass is 19.1. The molecule has 0 atom stereocenters. The maximum absolute atomic E-state index is 13.8. The van der Waals surface area contributed by atoms with Crippen LogP contribution in [0.2, 0.25) is 0 Å². The number of pyridine rings is 1. The highest BCUT2D eigenvalue weighted by Gasteiger charge is 2.25. The normalized spacial score (nSPS) is 13.3. The number of hydrogen-bond donors (Lipinski definition) is 0. The predicted octanol–water partition coefficient (Wildman–Crippen LogP) is 1.87. The first-order valence-corrected chi connectivity index (χ1v) is 9.43. The van der Waals surface area contributed by atoms with Gasteiger partial charge >= 0.3 is 0 Å². The van der Waals surface area contributed by atoms with Gasteiger partial charge in [-0.25, -0.2) is 9.37 Å². The average molecular weight is 400 g/mol. The molecule has 9 nitrogen and oxygen atoms in total. The SMILES string of the molecule is CCn1nc(-c2nc(CCN(C)C(=O)c3ncccc3F)no2)c2c1CCOC2. The van der Waals surface area contributed by atoms with E-state index in [2.05, 4.69) is 20.2 Å². The average Bonchev–Trinajstić information content (AvgIpc) is 3.36. The van der Waals surface area contributed by atoms with Gasteiger partial charge < -0.3 is 14.2 Å². The topological polar surface area (TPSA) is 99.2 Å². The molecule has 0 radical (unpaired) electrons. The Labute approximate surface area is 166 Å². The fourth-order valence-corrected chi connectivity index (χ4v) is 3.29. The zero-order chi connectivity index (χ0) is 20.4. The highest BCUT2D eigenvalue weighted by molar-refractivity contribution is 5.92. The number of hydrogen-bond acceptors (Lipinski definition) is 7. The van der Waals surface area contributed by atoms with Gasteiger partial charge in [0.25, 0.3) is 11.8 Å². The third-order valence-electron chi connectivity index (χ3n) is 4.84. The third-order valence-corrected chi connectivity index (χ3v) is 4.84. The number of carbonyl (C=O) groups excluding carboxylic acids is 1. The molecule has 152 valence electrons. The van der Waals surface area contributed by atoms with E-state index in [9.17, 15) is 9.18 Å². The number of rotatable bonds is 6. The molecule has 1 amide bonds. The Morgan fingerprint density at radius 3 is 3.07 bits per heavy atom. The molecule has 1 aliphatic heterocycles. The molecule has 0 saturated heterocycles. The van der Waals surface area contributed by atoms with Gasteiger partial charge in [-0.05, 0) is 19.1 Å². The second kappa shape index (κ2) is 8.08. The summed E-state index contributed by atoms with van der Waals surface area (Å²) in [5.41, 5.74) is 2.54. The molecule has 10 heteroatoms. The molecule has 0 bridgehead atoms. The zero-order valence-corrected chi connectivity index (χ0v) is 16.3. The van der Waals surface area contributed by atoms with Crippen LogP contribution in [0, 0.1) is 5.82 Å². The number of amides is 1. The van der Waals surface area contributed by atoms with Gasteiger partial charge in [-0.2, -0.15) is 10.1 Å². The summed E-state index contributed by atoms with van der Waals surface area (Å²) >= 11 is 0. The third kappa shape index (κ3) is 3.75. The minimum atomic E-state index is -0.648. The van der Waals surface area contributed by atoms with Crippen molar-refractivity contribution in [3.63, 3.8) is 0 Å². The summed E-state index contributed by atoms with van der Waals surface area (Å²) in [4.78, 5) is 22.0. The van der Waals surface area contributed by atoms with E-state index in [4.69, 9.17) is 9.26 Å². The molecule has 0 N–H and O–H groups in total. The summed E-state index contributed by atoms with van der Waals surface area (Å²) in [5, 5.41) is 8.59. The number of carbonyl (C=O) groups is 1. The van der Waals surface area contributed by atoms with Crippen molar-refractivity contribution in [2.24, 2.45) is 0 Å². The molecular formula is C19H21FN6O3. The monoisotopic (exact) mass is 400 g/mol. The van der Waals surface area contributed by atoms with Crippen LogP contribution in [-0.2, 0) is 30.7 Å². The lowest BCUT2D eigenvalue weighted by Crippen LogP contribution is -2.30. The smallest absolute Gasteiger partial charge is 0.278 e. The fraction of sp³-hybridized carbons (Fsp3) is 0.421. The Morgan fingerprint density at radius 1 is 1.41 bits per heavy atom. The number of nitrogens with zero attached hydrogens (tertiary/aromatic N) is 6. The second-order valence-corrected chi connectivity index (χ2v) is 6.72. The number of halogens is 1. The molecule has 0 saturated carbocycles. The fourth-order valence-electron chi connectivity index (χ4n) is 3.29. The van der Waals surface area contributed by atoms with Crippen molar-refractivity contribution >= 4 is 5.91 Å². The molecule has 0 unspecified atom stereocenters.